The maximum atomic E-state index is 11.5. The quantitative estimate of drug-likeness (QED) is 0.823. The predicted octanol–water partition coefficient (Wildman–Crippen LogP) is 3.54. The van der Waals surface area contributed by atoms with Crippen molar-refractivity contribution in [2.75, 3.05) is 7.11 Å². The molecule has 148 valence electrons. The number of methoxy groups -OCH3 is 1. The molecule has 5 rings (SSSR count). The Morgan fingerprint density at radius 1 is 0.857 bits per heavy atom. The van der Waals surface area contributed by atoms with Crippen LogP contribution in [-0.2, 0) is 18.9 Å². The first kappa shape index (κ1) is 18.3. The Bertz CT molecular complexity index is 797. The van der Waals surface area contributed by atoms with E-state index in [-0.39, 0.29) is 30.5 Å². The summed E-state index contributed by atoms with van der Waals surface area (Å²) in [5.74, 6) is 0. The van der Waals surface area contributed by atoms with Crippen LogP contribution in [0.4, 0.5) is 0 Å². The Kier molecular flexibility index (Phi) is 4.73. The van der Waals surface area contributed by atoms with Crippen molar-refractivity contribution in [3.05, 3.63) is 71.8 Å². The van der Waals surface area contributed by atoms with Crippen molar-refractivity contribution >= 4 is 0 Å². The SMILES string of the molecule is CO[C@H]1C[C@@]2(O)[C@H](CC[C@@H]3O[C@@H]32)O[C@H](c2ccccc2)[C@@H](c2ccccc2)O1. The number of rotatable bonds is 3. The molecule has 28 heavy (non-hydrogen) atoms. The van der Waals surface area contributed by atoms with Gasteiger partial charge in [-0.05, 0) is 24.0 Å². The minimum atomic E-state index is -1.10. The lowest BCUT2D eigenvalue weighted by Crippen LogP contribution is -2.56. The van der Waals surface area contributed by atoms with E-state index in [0.717, 1.165) is 24.0 Å². The Balaban J connectivity index is 1.57. The smallest absolute Gasteiger partial charge is 0.161 e. The van der Waals surface area contributed by atoms with Crippen LogP contribution in [0, 0.1) is 0 Å². The zero-order chi connectivity index (χ0) is 19.1. The summed E-state index contributed by atoms with van der Waals surface area (Å²) < 4.78 is 24.4. The molecule has 5 nitrogen and oxygen atoms in total. The molecular weight excluding hydrogens is 356 g/mol. The average Bonchev–Trinajstić information content (AvgIpc) is 3.52. The van der Waals surface area contributed by atoms with E-state index in [9.17, 15) is 5.11 Å². The highest BCUT2D eigenvalue weighted by molar-refractivity contribution is 5.26. The normalized spacial score (nSPS) is 39.9. The highest BCUT2D eigenvalue weighted by Crippen LogP contribution is 2.51. The third-order valence-corrected chi connectivity index (χ3v) is 6.24. The minimum Gasteiger partial charge on any atom is -0.384 e. The molecule has 0 amide bonds. The first-order valence-electron chi connectivity index (χ1n) is 10.0. The average molecular weight is 382 g/mol. The molecule has 5 heteroatoms. The number of epoxide rings is 1. The van der Waals surface area contributed by atoms with Crippen LogP contribution in [0.5, 0.6) is 0 Å². The van der Waals surface area contributed by atoms with Gasteiger partial charge in [-0.2, -0.15) is 0 Å². The number of benzene rings is 2. The maximum absolute atomic E-state index is 11.5. The lowest BCUT2D eigenvalue weighted by Gasteiger charge is -2.45. The summed E-state index contributed by atoms with van der Waals surface area (Å²) in [6.07, 6.45) is 0.376. The molecule has 0 unspecified atom stereocenters. The topological polar surface area (TPSA) is 60.5 Å². The van der Waals surface area contributed by atoms with Crippen LogP contribution in [-0.4, -0.2) is 42.4 Å². The van der Waals surface area contributed by atoms with E-state index < -0.39 is 11.9 Å². The van der Waals surface area contributed by atoms with Crippen LogP contribution in [0.15, 0.2) is 60.7 Å². The molecule has 0 aromatic heterocycles. The molecule has 0 spiro atoms. The van der Waals surface area contributed by atoms with Crippen molar-refractivity contribution in [3.8, 4) is 0 Å². The van der Waals surface area contributed by atoms with Gasteiger partial charge in [-0.15, -0.1) is 0 Å². The van der Waals surface area contributed by atoms with Gasteiger partial charge in [0.1, 0.15) is 23.9 Å². The molecule has 0 radical (unpaired) electrons. The van der Waals surface area contributed by atoms with Gasteiger partial charge in [-0.1, -0.05) is 60.7 Å². The summed E-state index contributed by atoms with van der Waals surface area (Å²) in [5, 5.41) is 11.5. The van der Waals surface area contributed by atoms with Crippen LogP contribution in [0.1, 0.15) is 42.6 Å². The molecule has 2 saturated heterocycles. The van der Waals surface area contributed by atoms with Crippen molar-refractivity contribution in [2.24, 2.45) is 0 Å². The van der Waals surface area contributed by atoms with Gasteiger partial charge in [-0.25, -0.2) is 0 Å². The Hall–Kier alpha value is -1.76. The van der Waals surface area contributed by atoms with Crippen LogP contribution in [0.25, 0.3) is 0 Å². The molecule has 2 aromatic carbocycles. The second-order valence-electron chi connectivity index (χ2n) is 7.96. The number of hydrogen-bond donors (Lipinski definition) is 1. The van der Waals surface area contributed by atoms with E-state index in [2.05, 4.69) is 0 Å². The van der Waals surface area contributed by atoms with E-state index in [0.29, 0.717) is 6.42 Å². The Labute approximate surface area is 165 Å². The largest absolute Gasteiger partial charge is 0.384 e. The van der Waals surface area contributed by atoms with Gasteiger partial charge >= 0.3 is 0 Å². The van der Waals surface area contributed by atoms with Gasteiger partial charge in [0.05, 0.1) is 12.2 Å². The lowest BCUT2D eigenvalue weighted by atomic mass is 9.78. The second-order valence-corrected chi connectivity index (χ2v) is 7.96. The molecule has 3 aliphatic rings. The molecular formula is C23H26O5. The van der Waals surface area contributed by atoms with Crippen LogP contribution in [0.2, 0.25) is 0 Å². The highest BCUT2D eigenvalue weighted by Gasteiger charge is 2.63. The van der Waals surface area contributed by atoms with Crippen molar-refractivity contribution in [2.45, 2.75) is 61.7 Å². The summed E-state index contributed by atoms with van der Waals surface area (Å²) in [4.78, 5) is 0. The van der Waals surface area contributed by atoms with E-state index in [1.807, 2.05) is 60.7 Å². The van der Waals surface area contributed by atoms with E-state index in [1.165, 1.54) is 0 Å². The molecule has 7 atom stereocenters. The number of ether oxygens (including phenoxy) is 4. The van der Waals surface area contributed by atoms with Gasteiger partial charge in [-0.3, -0.25) is 0 Å². The predicted molar refractivity (Wildman–Crippen MR) is 103 cm³/mol. The van der Waals surface area contributed by atoms with Crippen molar-refractivity contribution in [1.82, 2.24) is 0 Å². The number of hydrogen-bond acceptors (Lipinski definition) is 5. The fourth-order valence-electron chi connectivity index (χ4n) is 4.71. The summed E-state index contributed by atoms with van der Waals surface area (Å²) >= 11 is 0. The fraction of sp³-hybridized carbons (Fsp3) is 0.478. The summed E-state index contributed by atoms with van der Waals surface area (Å²) in [6, 6.07) is 20.2. The van der Waals surface area contributed by atoms with Crippen LogP contribution in [0.3, 0.4) is 0 Å². The monoisotopic (exact) mass is 382 g/mol. The van der Waals surface area contributed by atoms with Crippen LogP contribution < -0.4 is 0 Å². The lowest BCUT2D eigenvalue weighted by molar-refractivity contribution is -0.274. The molecule has 0 bridgehead atoms. The van der Waals surface area contributed by atoms with Crippen molar-refractivity contribution in [1.29, 1.82) is 0 Å². The fourth-order valence-corrected chi connectivity index (χ4v) is 4.71. The van der Waals surface area contributed by atoms with Gasteiger partial charge in [0.25, 0.3) is 0 Å². The molecule has 2 aromatic rings. The molecule has 1 saturated carbocycles. The molecule has 3 fully saturated rings. The van der Waals surface area contributed by atoms with Gasteiger partial charge in [0.2, 0.25) is 0 Å². The van der Waals surface area contributed by atoms with E-state index in [4.69, 9.17) is 18.9 Å². The third kappa shape index (κ3) is 3.17. The van der Waals surface area contributed by atoms with Gasteiger partial charge in [0, 0.05) is 13.5 Å². The standard InChI is InChI=1S/C23H26O5/c1-25-19-14-23(24)18(13-12-17-22(23)26-17)27-20(15-8-4-2-5-9-15)21(28-19)16-10-6-3-7-11-16/h2-11,17-22,24H,12-14H2,1H3/t17-,18-,19+,20+,21+,22-,23+/m0/s1. The van der Waals surface area contributed by atoms with Crippen molar-refractivity contribution in [3.63, 3.8) is 0 Å². The molecule has 2 aliphatic heterocycles. The maximum Gasteiger partial charge on any atom is 0.161 e. The minimum absolute atomic E-state index is 0.127. The number of aliphatic hydroxyl groups is 1. The number of fused-ring (bicyclic) bond motifs is 3. The molecule has 2 heterocycles. The Morgan fingerprint density at radius 3 is 2.07 bits per heavy atom. The zero-order valence-electron chi connectivity index (χ0n) is 15.9. The van der Waals surface area contributed by atoms with Crippen LogP contribution >= 0.6 is 0 Å². The van der Waals surface area contributed by atoms with Crippen molar-refractivity contribution < 1.29 is 24.1 Å². The Morgan fingerprint density at radius 2 is 1.46 bits per heavy atom. The molecule has 1 N–H and O–H groups in total. The molecule has 1 aliphatic carbocycles. The second kappa shape index (κ2) is 7.25. The van der Waals surface area contributed by atoms with E-state index >= 15 is 0 Å². The summed E-state index contributed by atoms with van der Waals surface area (Å²) in [6.45, 7) is 0. The highest BCUT2D eigenvalue weighted by atomic mass is 16.7. The summed E-state index contributed by atoms with van der Waals surface area (Å²) in [7, 11) is 1.62. The summed E-state index contributed by atoms with van der Waals surface area (Å²) in [5.41, 5.74) is 0.952. The first-order valence-corrected chi connectivity index (χ1v) is 10.0. The zero-order valence-corrected chi connectivity index (χ0v) is 15.9. The third-order valence-electron chi connectivity index (χ3n) is 6.24. The van der Waals surface area contributed by atoms with Gasteiger partial charge < -0.3 is 24.1 Å². The van der Waals surface area contributed by atoms with Gasteiger partial charge in [0.15, 0.2) is 6.29 Å². The van der Waals surface area contributed by atoms with E-state index in [1.54, 1.807) is 7.11 Å². The first-order chi connectivity index (χ1) is 13.7.